The van der Waals surface area contributed by atoms with Gasteiger partial charge in [-0.3, -0.25) is 4.79 Å². The van der Waals surface area contributed by atoms with Gasteiger partial charge in [0.25, 0.3) is 5.91 Å². The van der Waals surface area contributed by atoms with E-state index in [4.69, 9.17) is 4.74 Å². The van der Waals surface area contributed by atoms with Gasteiger partial charge < -0.3 is 15.0 Å². The van der Waals surface area contributed by atoms with Crippen molar-refractivity contribution in [2.45, 2.75) is 32.7 Å². The van der Waals surface area contributed by atoms with Crippen molar-refractivity contribution in [3.63, 3.8) is 0 Å². The predicted octanol–water partition coefficient (Wildman–Crippen LogP) is 4.21. The lowest BCUT2D eigenvalue weighted by Gasteiger charge is -2.28. The number of anilines is 1. The average Bonchev–Trinajstić information content (AvgIpc) is 2.61. The van der Waals surface area contributed by atoms with Crippen molar-refractivity contribution in [1.82, 2.24) is 5.32 Å². The van der Waals surface area contributed by atoms with Crippen LogP contribution in [-0.4, -0.2) is 26.6 Å². The van der Waals surface area contributed by atoms with Crippen molar-refractivity contribution >= 4 is 11.6 Å². The molecule has 0 fully saturated rings. The maximum Gasteiger partial charge on any atom is 0.251 e. The van der Waals surface area contributed by atoms with Gasteiger partial charge in [-0.2, -0.15) is 0 Å². The molecule has 0 aliphatic rings. The number of methoxy groups -OCH3 is 1. The van der Waals surface area contributed by atoms with Crippen molar-refractivity contribution in [2.75, 3.05) is 25.6 Å². The Morgan fingerprint density at radius 1 is 1.12 bits per heavy atom. The van der Waals surface area contributed by atoms with Crippen LogP contribution in [0.3, 0.4) is 0 Å². The van der Waals surface area contributed by atoms with Crippen LogP contribution in [-0.2, 0) is 5.54 Å². The molecule has 0 atom stereocenters. The van der Waals surface area contributed by atoms with E-state index in [0.29, 0.717) is 5.56 Å². The summed E-state index contributed by atoms with van der Waals surface area (Å²) in [6.07, 6.45) is 1.09. The average molecular weight is 340 g/mol. The highest BCUT2D eigenvalue weighted by Crippen LogP contribution is 2.29. The highest BCUT2D eigenvalue weighted by Gasteiger charge is 2.26. The number of nitrogens with zero attached hydrogens (tertiary/aromatic N) is 1. The van der Waals surface area contributed by atoms with Gasteiger partial charge in [-0.15, -0.1) is 0 Å². The number of rotatable bonds is 7. The highest BCUT2D eigenvalue weighted by atomic mass is 16.5. The molecule has 1 N–H and O–H groups in total. The van der Waals surface area contributed by atoms with Gasteiger partial charge in [-0.05, 0) is 50.6 Å². The van der Waals surface area contributed by atoms with E-state index < -0.39 is 5.54 Å². The molecule has 2 aromatic rings. The van der Waals surface area contributed by atoms with E-state index in [1.165, 1.54) is 0 Å². The zero-order chi connectivity index (χ0) is 18.4. The van der Waals surface area contributed by atoms with Gasteiger partial charge in [-0.25, -0.2) is 0 Å². The Balaban J connectivity index is 2.15. The molecule has 0 radical (unpaired) electrons. The minimum Gasteiger partial charge on any atom is -0.496 e. The van der Waals surface area contributed by atoms with Crippen molar-refractivity contribution in [2.24, 2.45) is 0 Å². The van der Waals surface area contributed by atoms with Crippen molar-refractivity contribution in [1.29, 1.82) is 0 Å². The van der Waals surface area contributed by atoms with E-state index in [2.05, 4.69) is 24.2 Å². The quantitative estimate of drug-likeness (QED) is 0.821. The van der Waals surface area contributed by atoms with E-state index in [1.807, 2.05) is 62.4 Å². The lowest BCUT2D eigenvalue weighted by molar-refractivity contribution is 0.0911. The fourth-order valence-electron chi connectivity index (χ4n) is 2.92. The van der Waals surface area contributed by atoms with Gasteiger partial charge >= 0.3 is 0 Å². The normalized spacial score (nSPS) is 11.1. The second-order valence-corrected chi connectivity index (χ2v) is 6.75. The number of hydrogen-bond acceptors (Lipinski definition) is 3. The van der Waals surface area contributed by atoms with Crippen molar-refractivity contribution in [3.05, 3.63) is 59.7 Å². The molecule has 0 saturated carbocycles. The molecule has 134 valence electrons. The summed E-state index contributed by atoms with van der Waals surface area (Å²) in [5.74, 6) is 0.671. The smallest absolute Gasteiger partial charge is 0.251 e. The molecule has 0 bridgehead atoms. The van der Waals surface area contributed by atoms with Crippen LogP contribution in [0.25, 0.3) is 0 Å². The Bertz CT molecular complexity index is 708. The van der Waals surface area contributed by atoms with Gasteiger partial charge in [0.2, 0.25) is 0 Å². The molecule has 0 aliphatic carbocycles. The van der Waals surface area contributed by atoms with Crippen LogP contribution in [0.1, 0.15) is 43.1 Å². The molecule has 25 heavy (non-hydrogen) atoms. The van der Waals surface area contributed by atoms with E-state index in [9.17, 15) is 4.79 Å². The summed E-state index contributed by atoms with van der Waals surface area (Å²) in [4.78, 5) is 14.9. The van der Waals surface area contributed by atoms with Gasteiger partial charge in [0.05, 0.1) is 12.6 Å². The van der Waals surface area contributed by atoms with Crippen LogP contribution in [0.4, 0.5) is 5.69 Å². The molecular formula is C21H28N2O2. The summed E-state index contributed by atoms with van der Waals surface area (Å²) in [6.45, 7) is 7.10. The van der Waals surface area contributed by atoms with E-state index in [-0.39, 0.29) is 5.91 Å². The van der Waals surface area contributed by atoms with Crippen molar-refractivity contribution in [3.8, 4) is 5.75 Å². The number of ether oxygens (including phenoxy) is 1. The SMILES string of the molecule is CCCN(C)c1ccc(C(=O)NC(C)(C)c2ccccc2OC)cc1. The van der Waals surface area contributed by atoms with Crippen LogP contribution in [0, 0.1) is 0 Å². The van der Waals surface area contributed by atoms with E-state index in [0.717, 1.165) is 30.0 Å². The Kier molecular flexibility index (Phi) is 6.07. The number of amides is 1. The molecular weight excluding hydrogens is 312 g/mol. The summed E-state index contributed by atoms with van der Waals surface area (Å²) in [5.41, 5.74) is 2.17. The van der Waals surface area contributed by atoms with E-state index in [1.54, 1.807) is 7.11 Å². The van der Waals surface area contributed by atoms with Gasteiger partial charge in [0, 0.05) is 30.4 Å². The predicted molar refractivity (Wildman–Crippen MR) is 103 cm³/mol. The van der Waals surface area contributed by atoms with Gasteiger partial charge in [0.15, 0.2) is 0 Å². The van der Waals surface area contributed by atoms with Crippen molar-refractivity contribution < 1.29 is 9.53 Å². The molecule has 1 amide bonds. The first-order valence-corrected chi connectivity index (χ1v) is 8.66. The van der Waals surface area contributed by atoms with E-state index >= 15 is 0 Å². The van der Waals surface area contributed by atoms with Crippen LogP contribution in [0.5, 0.6) is 5.75 Å². The number of para-hydroxylation sites is 1. The Hall–Kier alpha value is -2.49. The number of benzene rings is 2. The third-order valence-corrected chi connectivity index (χ3v) is 4.34. The second kappa shape index (κ2) is 8.06. The summed E-state index contributed by atoms with van der Waals surface area (Å²) in [6, 6.07) is 15.5. The molecule has 2 aromatic carbocycles. The first kappa shape index (κ1) is 18.8. The molecule has 0 heterocycles. The maximum atomic E-state index is 12.7. The van der Waals surface area contributed by atoms with Gasteiger partial charge in [-0.1, -0.05) is 25.1 Å². The van der Waals surface area contributed by atoms with Crippen LogP contribution in [0.2, 0.25) is 0 Å². The minimum atomic E-state index is -0.540. The Morgan fingerprint density at radius 3 is 2.36 bits per heavy atom. The largest absolute Gasteiger partial charge is 0.496 e. The number of hydrogen-bond donors (Lipinski definition) is 1. The standard InChI is InChI=1S/C21H28N2O2/c1-6-15-23(4)17-13-11-16(12-14-17)20(24)22-21(2,3)18-9-7-8-10-19(18)25-5/h7-14H,6,15H2,1-5H3,(H,22,24). The number of carbonyl (C=O) groups excluding carboxylic acids is 1. The zero-order valence-electron chi connectivity index (χ0n) is 15.8. The second-order valence-electron chi connectivity index (χ2n) is 6.75. The molecule has 4 heteroatoms. The zero-order valence-corrected chi connectivity index (χ0v) is 15.8. The van der Waals surface area contributed by atoms with Gasteiger partial charge in [0.1, 0.15) is 5.75 Å². The number of nitrogens with one attached hydrogen (secondary N) is 1. The maximum absolute atomic E-state index is 12.7. The van der Waals surface area contributed by atoms with Crippen LogP contribution in [0.15, 0.2) is 48.5 Å². The monoisotopic (exact) mass is 340 g/mol. The highest BCUT2D eigenvalue weighted by molar-refractivity contribution is 5.95. The molecule has 2 rings (SSSR count). The lowest BCUT2D eigenvalue weighted by atomic mass is 9.93. The third-order valence-electron chi connectivity index (χ3n) is 4.34. The summed E-state index contributed by atoms with van der Waals surface area (Å²) < 4.78 is 5.43. The molecule has 0 spiro atoms. The van der Waals surface area contributed by atoms with Crippen LogP contribution < -0.4 is 15.0 Å². The minimum absolute atomic E-state index is 0.0967. The molecule has 0 unspecified atom stereocenters. The summed E-state index contributed by atoms with van der Waals surface area (Å²) >= 11 is 0. The first-order chi connectivity index (χ1) is 11.9. The molecule has 4 nitrogen and oxygen atoms in total. The fraction of sp³-hybridized carbons (Fsp3) is 0.381. The first-order valence-electron chi connectivity index (χ1n) is 8.66. The Labute approximate surface area is 150 Å². The fourth-order valence-corrected chi connectivity index (χ4v) is 2.92. The lowest BCUT2D eigenvalue weighted by Crippen LogP contribution is -2.41. The topological polar surface area (TPSA) is 41.6 Å². The molecule has 0 aromatic heterocycles. The molecule has 0 aliphatic heterocycles. The van der Waals surface area contributed by atoms with Crippen LogP contribution >= 0.6 is 0 Å². The number of carbonyl (C=O) groups is 1. The Morgan fingerprint density at radius 2 is 1.76 bits per heavy atom. The molecule has 0 saturated heterocycles. The third kappa shape index (κ3) is 4.53. The summed E-state index contributed by atoms with van der Waals surface area (Å²) in [7, 11) is 3.70. The summed E-state index contributed by atoms with van der Waals surface area (Å²) in [5, 5.41) is 3.10.